The number of ether oxygens (including phenoxy) is 1. The summed E-state index contributed by atoms with van der Waals surface area (Å²) < 4.78 is 37.2. The molecule has 0 aliphatic rings. The van der Waals surface area contributed by atoms with Gasteiger partial charge in [0, 0.05) is 13.0 Å². The monoisotopic (exact) mass is 373 g/mol. The minimum atomic E-state index is -3.42. The molecule has 8 heteroatoms. The van der Waals surface area contributed by atoms with E-state index >= 15 is 0 Å². The third-order valence-corrected chi connectivity index (χ3v) is 5.03. The van der Waals surface area contributed by atoms with Crippen molar-refractivity contribution in [3.05, 3.63) is 66.1 Å². The van der Waals surface area contributed by atoms with Gasteiger partial charge in [-0.05, 0) is 17.7 Å². The van der Waals surface area contributed by atoms with Crippen molar-refractivity contribution in [2.75, 3.05) is 13.7 Å². The van der Waals surface area contributed by atoms with E-state index in [-0.39, 0.29) is 12.3 Å². The molecular formula is C18H19N3O4S. The van der Waals surface area contributed by atoms with Gasteiger partial charge < -0.3 is 9.26 Å². The third kappa shape index (κ3) is 4.68. The number of methoxy groups -OCH3 is 1. The van der Waals surface area contributed by atoms with Crippen LogP contribution < -0.4 is 9.46 Å². The van der Waals surface area contributed by atoms with E-state index in [1.54, 1.807) is 19.2 Å². The number of hydrogen-bond donors (Lipinski definition) is 1. The van der Waals surface area contributed by atoms with Gasteiger partial charge in [0.1, 0.15) is 5.75 Å². The standard InChI is InChI=1S/C18H19N3O4S/c1-24-16-10-6-5-9-15(16)18-20-17(25-21-18)11-12-19-26(22,23)13-14-7-3-2-4-8-14/h2-10,19H,11-13H2,1H3. The first-order chi connectivity index (χ1) is 12.6. The Labute approximate surface area is 152 Å². The largest absolute Gasteiger partial charge is 0.496 e. The van der Waals surface area contributed by atoms with Crippen molar-refractivity contribution in [3.63, 3.8) is 0 Å². The molecule has 0 unspecified atom stereocenters. The smallest absolute Gasteiger partial charge is 0.228 e. The number of aromatic nitrogens is 2. The molecule has 1 aromatic heterocycles. The highest BCUT2D eigenvalue weighted by Crippen LogP contribution is 2.26. The topological polar surface area (TPSA) is 94.3 Å². The Balaban J connectivity index is 1.58. The van der Waals surface area contributed by atoms with Crippen LogP contribution in [0.1, 0.15) is 11.5 Å². The lowest BCUT2D eigenvalue weighted by Crippen LogP contribution is -2.27. The second-order valence-electron chi connectivity index (χ2n) is 5.60. The molecule has 0 aliphatic carbocycles. The minimum absolute atomic E-state index is 0.0653. The second-order valence-corrected chi connectivity index (χ2v) is 7.41. The van der Waals surface area contributed by atoms with E-state index in [1.807, 2.05) is 42.5 Å². The van der Waals surface area contributed by atoms with E-state index in [1.165, 1.54) is 0 Å². The van der Waals surface area contributed by atoms with Crippen LogP contribution in [0.5, 0.6) is 5.75 Å². The summed E-state index contributed by atoms with van der Waals surface area (Å²) in [6.45, 7) is 0.183. The maximum Gasteiger partial charge on any atom is 0.228 e. The fraction of sp³-hybridized carbons (Fsp3) is 0.222. The quantitative estimate of drug-likeness (QED) is 0.652. The van der Waals surface area contributed by atoms with Crippen LogP contribution in [0.15, 0.2) is 59.1 Å². The highest BCUT2D eigenvalue weighted by Gasteiger charge is 2.14. The van der Waals surface area contributed by atoms with E-state index in [0.717, 1.165) is 11.1 Å². The highest BCUT2D eigenvalue weighted by molar-refractivity contribution is 7.88. The van der Waals surface area contributed by atoms with Crippen molar-refractivity contribution in [2.24, 2.45) is 0 Å². The van der Waals surface area contributed by atoms with Crippen LogP contribution >= 0.6 is 0 Å². The van der Waals surface area contributed by atoms with Gasteiger partial charge in [-0.3, -0.25) is 0 Å². The van der Waals surface area contributed by atoms with Crippen LogP contribution in [-0.2, 0) is 22.2 Å². The Morgan fingerprint density at radius 3 is 2.58 bits per heavy atom. The molecule has 0 amide bonds. The van der Waals surface area contributed by atoms with Crippen molar-refractivity contribution in [1.29, 1.82) is 0 Å². The molecule has 3 aromatic rings. The molecule has 1 heterocycles. The zero-order valence-corrected chi connectivity index (χ0v) is 15.1. The molecule has 0 fully saturated rings. The van der Waals surface area contributed by atoms with Gasteiger partial charge in [0.2, 0.25) is 21.7 Å². The number of para-hydroxylation sites is 1. The van der Waals surface area contributed by atoms with Crippen molar-refractivity contribution in [3.8, 4) is 17.1 Å². The van der Waals surface area contributed by atoms with Crippen LogP contribution in [-0.4, -0.2) is 32.2 Å². The fourth-order valence-electron chi connectivity index (χ4n) is 2.45. The first-order valence-electron chi connectivity index (χ1n) is 8.04. The second kappa shape index (κ2) is 8.11. The molecule has 0 radical (unpaired) electrons. The molecule has 26 heavy (non-hydrogen) atoms. The van der Waals surface area contributed by atoms with Gasteiger partial charge >= 0.3 is 0 Å². The predicted molar refractivity (Wildman–Crippen MR) is 97.1 cm³/mol. The lowest BCUT2D eigenvalue weighted by Gasteiger charge is -2.05. The molecule has 136 valence electrons. The predicted octanol–water partition coefficient (Wildman–Crippen LogP) is 2.41. The summed E-state index contributed by atoms with van der Waals surface area (Å²) in [5.41, 5.74) is 1.45. The van der Waals surface area contributed by atoms with Crippen LogP contribution in [0.4, 0.5) is 0 Å². The molecule has 2 aromatic carbocycles. The molecule has 0 atom stereocenters. The van der Waals surface area contributed by atoms with Gasteiger partial charge in [0.05, 0.1) is 18.4 Å². The molecule has 1 N–H and O–H groups in total. The Morgan fingerprint density at radius 2 is 1.81 bits per heavy atom. The van der Waals surface area contributed by atoms with Gasteiger partial charge in [0.25, 0.3) is 0 Å². The van der Waals surface area contributed by atoms with Crippen molar-refractivity contribution >= 4 is 10.0 Å². The third-order valence-electron chi connectivity index (χ3n) is 3.68. The normalized spacial score (nSPS) is 11.4. The maximum atomic E-state index is 12.1. The number of nitrogens with zero attached hydrogens (tertiary/aromatic N) is 2. The number of sulfonamides is 1. The Morgan fingerprint density at radius 1 is 1.08 bits per heavy atom. The molecule has 0 bridgehead atoms. The van der Waals surface area contributed by atoms with Gasteiger partial charge in [-0.1, -0.05) is 47.6 Å². The molecule has 0 saturated heterocycles. The van der Waals surface area contributed by atoms with E-state index < -0.39 is 10.0 Å². The number of rotatable bonds is 8. The van der Waals surface area contributed by atoms with Crippen molar-refractivity contribution in [2.45, 2.75) is 12.2 Å². The van der Waals surface area contributed by atoms with Gasteiger partial charge in [-0.15, -0.1) is 0 Å². The first-order valence-corrected chi connectivity index (χ1v) is 9.70. The van der Waals surface area contributed by atoms with Crippen molar-refractivity contribution in [1.82, 2.24) is 14.9 Å². The summed E-state index contributed by atoms with van der Waals surface area (Å²) in [6.07, 6.45) is 0.302. The van der Waals surface area contributed by atoms with Gasteiger partial charge in [-0.25, -0.2) is 13.1 Å². The van der Waals surface area contributed by atoms with E-state index in [4.69, 9.17) is 9.26 Å². The zero-order chi connectivity index (χ0) is 18.4. The summed E-state index contributed by atoms with van der Waals surface area (Å²) in [6, 6.07) is 16.4. The number of hydrogen-bond acceptors (Lipinski definition) is 6. The molecule has 0 aliphatic heterocycles. The summed E-state index contributed by atoms with van der Waals surface area (Å²) in [5.74, 6) is 1.34. The lowest BCUT2D eigenvalue weighted by molar-refractivity contribution is 0.378. The van der Waals surface area contributed by atoms with E-state index in [0.29, 0.717) is 23.9 Å². The SMILES string of the molecule is COc1ccccc1-c1noc(CCNS(=O)(=O)Cc2ccccc2)n1. The molecule has 0 spiro atoms. The molecule has 0 saturated carbocycles. The molecular weight excluding hydrogens is 354 g/mol. The van der Waals surface area contributed by atoms with Gasteiger partial charge in [-0.2, -0.15) is 4.98 Å². The van der Waals surface area contributed by atoms with Crippen LogP contribution in [0.25, 0.3) is 11.4 Å². The number of benzene rings is 2. The van der Waals surface area contributed by atoms with E-state index in [2.05, 4.69) is 14.9 Å². The van der Waals surface area contributed by atoms with Gasteiger partial charge in [0.15, 0.2) is 0 Å². The summed E-state index contributed by atoms with van der Waals surface area (Å²) in [4.78, 5) is 4.30. The van der Waals surface area contributed by atoms with Crippen molar-refractivity contribution < 1.29 is 17.7 Å². The summed E-state index contributed by atoms with van der Waals surface area (Å²) in [5, 5.41) is 3.93. The van der Waals surface area contributed by atoms with Crippen LogP contribution in [0.2, 0.25) is 0 Å². The highest BCUT2D eigenvalue weighted by atomic mass is 32.2. The van der Waals surface area contributed by atoms with E-state index in [9.17, 15) is 8.42 Å². The maximum absolute atomic E-state index is 12.1. The average Bonchev–Trinajstić information content (AvgIpc) is 3.10. The summed E-state index contributed by atoms with van der Waals surface area (Å²) >= 11 is 0. The Bertz CT molecular complexity index is 955. The summed E-state index contributed by atoms with van der Waals surface area (Å²) in [7, 11) is -1.85. The lowest BCUT2D eigenvalue weighted by atomic mass is 10.2. The number of nitrogens with one attached hydrogen (secondary N) is 1. The van der Waals surface area contributed by atoms with Crippen LogP contribution in [0.3, 0.4) is 0 Å². The molecule has 7 nitrogen and oxygen atoms in total. The fourth-order valence-corrected chi connectivity index (χ4v) is 3.60. The zero-order valence-electron chi connectivity index (χ0n) is 14.3. The van der Waals surface area contributed by atoms with Crippen LogP contribution in [0, 0.1) is 0 Å². The minimum Gasteiger partial charge on any atom is -0.496 e. The first kappa shape index (κ1) is 18.1. The molecule has 3 rings (SSSR count). The average molecular weight is 373 g/mol. The Hall–Kier alpha value is -2.71. The Kier molecular flexibility index (Phi) is 5.65.